The van der Waals surface area contributed by atoms with Gasteiger partial charge in [-0.05, 0) is 12.8 Å². The van der Waals surface area contributed by atoms with Crippen molar-refractivity contribution in [1.82, 2.24) is 5.32 Å². The van der Waals surface area contributed by atoms with Crippen LogP contribution in [-0.2, 0) is 0 Å². The first-order chi connectivity index (χ1) is 5.83. The Hall–Kier alpha value is -0.990. The van der Waals surface area contributed by atoms with Crippen LogP contribution < -0.4 is 5.32 Å². The van der Waals surface area contributed by atoms with E-state index in [0.29, 0.717) is 6.54 Å². The summed E-state index contributed by atoms with van der Waals surface area (Å²) in [6, 6.07) is 2.35. The van der Waals surface area contributed by atoms with Crippen molar-refractivity contribution >= 4 is 0 Å². The van der Waals surface area contributed by atoms with E-state index in [1.165, 1.54) is 6.42 Å². The molecule has 1 rings (SSSR count). The van der Waals surface area contributed by atoms with Gasteiger partial charge in [-0.3, -0.25) is 5.32 Å². The topological polar surface area (TPSA) is 35.8 Å². The third kappa shape index (κ3) is 2.00. The first-order valence-electron chi connectivity index (χ1n) is 4.43. The van der Waals surface area contributed by atoms with Gasteiger partial charge in [-0.15, -0.1) is 6.42 Å². The number of rotatable bonds is 2. The SMILES string of the molecule is C#CCNC1(C#N)CCCCC1. The van der Waals surface area contributed by atoms with Gasteiger partial charge in [-0.25, -0.2) is 0 Å². The second kappa shape index (κ2) is 4.14. The molecule has 0 atom stereocenters. The van der Waals surface area contributed by atoms with Crippen LogP contribution in [0.2, 0.25) is 0 Å². The lowest BCUT2D eigenvalue weighted by atomic mass is 9.83. The Bertz CT molecular complexity index is 213. The van der Waals surface area contributed by atoms with Gasteiger partial charge in [0, 0.05) is 0 Å². The van der Waals surface area contributed by atoms with E-state index in [1.54, 1.807) is 0 Å². The van der Waals surface area contributed by atoms with E-state index in [-0.39, 0.29) is 5.54 Å². The number of nitriles is 1. The predicted octanol–water partition coefficient (Wildman–Crippen LogP) is 1.44. The Kier molecular flexibility index (Phi) is 3.14. The van der Waals surface area contributed by atoms with E-state index in [1.807, 2.05) is 0 Å². The van der Waals surface area contributed by atoms with Crippen LogP contribution >= 0.6 is 0 Å². The van der Waals surface area contributed by atoms with Crippen LogP contribution in [0, 0.1) is 23.7 Å². The lowest BCUT2D eigenvalue weighted by molar-refractivity contribution is 0.309. The van der Waals surface area contributed by atoms with E-state index in [4.69, 9.17) is 11.7 Å². The highest BCUT2D eigenvalue weighted by molar-refractivity contribution is 5.10. The van der Waals surface area contributed by atoms with Crippen molar-refractivity contribution < 1.29 is 0 Å². The van der Waals surface area contributed by atoms with E-state index in [0.717, 1.165) is 25.7 Å². The molecule has 1 fully saturated rings. The number of hydrogen-bond donors (Lipinski definition) is 1. The van der Waals surface area contributed by atoms with Crippen LogP contribution in [0.5, 0.6) is 0 Å². The molecule has 0 amide bonds. The van der Waals surface area contributed by atoms with Crippen molar-refractivity contribution in [3.63, 3.8) is 0 Å². The van der Waals surface area contributed by atoms with Gasteiger partial charge in [0.2, 0.25) is 0 Å². The molecule has 0 aromatic heterocycles. The maximum Gasteiger partial charge on any atom is 0.107 e. The Morgan fingerprint density at radius 3 is 2.50 bits per heavy atom. The molecule has 1 N–H and O–H groups in total. The minimum Gasteiger partial charge on any atom is -0.288 e. The van der Waals surface area contributed by atoms with Gasteiger partial charge in [0.1, 0.15) is 5.54 Å². The fourth-order valence-corrected chi connectivity index (χ4v) is 1.70. The van der Waals surface area contributed by atoms with Crippen LogP contribution in [0.15, 0.2) is 0 Å². The van der Waals surface area contributed by atoms with Gasteiger partial charge < -0.3 is 0 Å². The molecule has 0 bridgehead atoms. The number of nitrogens with zero attached hydrogens (tertiary/aromatic N) is 1. The molecule has 0 spiro atoms. The summed E-state index contributed by atoms with van der Waals surface area (Å²) in [5.74, 6) is 2.51. The molecule has 1 aliphatic carbocycles. The average molecular weight is 162 g/mol. The summed E-state index contributed by atoms with van der Waals surface area (Å²) in [6.07, 6.45) is 10.6. The monoisotopic (exact) mass is 162 g/mol. The Morgan fingerprint density at radius 1 is 1.33 bits per heavy atom. The third-order valence-electron chi connectivity index (χ3n) is 2.45. The van der Waals surface area contributed by atoms with Crippen molar-refractivity contribution in [2.45, 2.75) is 37.6 Å². The van der Waals surface area contributed by atoms with Crippen LogP contribution in [0.25, 0.3) is 0 Å². The summed E-state index contributed by atoms with van der Waals surface area (Å²) >= 11 is 0. The van der Waals surface area contributed by atoms with E-state index in [9.17, 15) is 0 Å². The quantitative estimate of drug-likeness (QED) is 0.623. The van der Waals surface area contributed by atoms with Crippen molar-refractivity contribution in [2.24, 2.45) is 0 Å². The molecule has 0 saturated heterocycles. The van der Waals surface area contributed by atoms with E-state index < -0.39 is 0 Å². The molecule has 12 heavy (non-hydrogen) atoms. The fraction of sp³-hybridized carbons (Fsp3) is 0.700. The molecule has 0 aromatic rings. The zero-order valence-corrected chi connectivity index (χ0v) is 7.27. The van der Waals surface area contributed by atoms with Crippen LogP contribution in [0.1, 0.15) is 32.1 Å². The highest BCUT2D eigenvalue weighted by atomic mass is 15.0. The summed E-state index contributed by atoms with van der Waals surface area (Å²) in [7, 11) is 0. The van der Waals surface area contributed by atoms with E-state index >= 15 is 0 Å². The normalized spacial score (nSPS) is 20.8. The van der Waals surface area contributed by atoms with Crippen molar-refractivity contribution in [3.8, 4) is 18.4 Å². The second-order valence-corrected chi connectivity index (χ2v) is 3.31. The molecule has 0 unspecified atom stereocenters. The predicted molar refractivity (Wildman–Crippen MR) is 48.3 cm³/mol. The number of hydrogen-bond acceptors (Lipinski definition) is 2. The minimum absolute atomic E-state index is 0.315. The molecule has 64 valence electrons. The Balaban J connectivity index is 2.51. The van der Waals surface area contributed by atoms with Crippen molar-refractivity contribution in [2.75, 3.05) is 6.54 Å². The summed E-state index contributed by atoms with van der Waals surface area (Å²) in [6.45, 7) is 0.508. The lowest BCUT2D eigenvalue weighted by Crippen LogP contribution is -2.45. The maximum atomic E-state index is 8.99. The summed E-state index contributed by atoms with van der Waals surface area (Å²) < 4.78 is 0. The Morgan fingerprint density at radius 2 is 2.00 bits per heavy atom. The van der Waals surface area contributed by atoms with Crippen LogP contribution in [-0.4, -0.2) is 12.1 Å². The minimum atomic E-state index is -0.315. The fourth-order valence-electron chi connectivity index (χ4n) is 1.70. The van der Waals surface area contributed by atoms with Crippen LogP contribution in [0.3, 0.4) is 0 Å². The standard InChI is InChI=1S/C10H14N2/c1-2-8-12-10(9-11)6-4-3-5-7-10/h1,12H,3-8H2. The van der Waals surface area contributed by atoms with Gasteiger partial charge in [0.25, 0.3) is 0 Å². The molecule has 1 saturated carbocycles. The zero-order valence-electron chi connectivity index (χ0n) is 7.27. The van der Waals surface area contributed by atoms with Gasteiger partial charge in [0.15, 0.2) is 0 Å². The zero-order chi connectivity index (χ0) is 8.86. The highest BCUT2D eigenvalue weighted by Gasteiger charge is 2.30. The average Bonchev–Trinajstić information content (AvgIpc) is 2.16. The molecule has 1 aliphatic rings. The van der Waals surface area contributed by atoms with Crippen molar-refractivity contribution in [1.29, 1.82) is 5.26 Å². The van der Waals surface area contributed by atoms with Gasteiger partial charge in [-0.1, -0.05) is 25.2 Å². The highest BCUT2D eigenvalue weighted by Crippen LogP contribution is 2.27. The molecule has 0 aliphatic heterocycles. The summed E-state index contributed by atoms with van der Waals surface area (Å²) in [5, 5.41) is 12.1. The first kappa shape index (κ1) is 9.10. The molecule has 0 aromatic carbocycles. The molecule has 2 nitrogen and oxygen atoms in total. The largest absolute Gasteiger partial charge is 0.288 e. The molecular weight excluding hydrogens is 148 g/mol. The van der Waals surface area contributed by atoms with Crippen LogP contribution in [0.4, 0.5) is 0 Å². The van der Waals surface area contributed by atoms with Gasteiger partial charge >= 0.3 is 0 Å². The second-order valence-electron chi connectivity index (χ2n) is 3.31. The van der Waals surface area contributed by atoms with Gasteiger partial charge in [-0.2, -0.15) is 5.26 Å². The third-order valence-corrected chi connectivity index (χ3v) is 2.45. The van der Waals surface area contributed by atoms with Gasteiger partial charge in [0.05, 0.1) is 12.6 Å². The number of terminal acetylenes is 1. The molecule has 0 radical (unpaired) electrons. The smallest absolute Gasteiger partial charge is 0.107 e. The molecule has 0 heterocycles. The summed E-state index contributed by atoms with van der Waals surface area (Å²) in [4.78, 5) is 0. The summed E-state index contributed by atoms with van der Waals surface area (Å²) in [5.41, 5.74) is -0.315. The lowest BCUT2D eigenvalue weighted by Gasteiger charge is -2.30. The van der Waals surface area contributed by atoms with E-state index in [2.05, 4.69) is 17.3 Å². The molecule has 2 heteroatoms. The molecular formula is C10H14N2. The first-order valence-corrected chi connectivity index (χ1v) is 4.43. The maximum absolute atomic E-state index is 8.99. The number of nitrogens with one attached hydrogen (secondary N) is 1. The Labute approximate surface area is 74.0 Å². The van der Waals surface area contributed by atoms with Crippen molar-refractivity contribution in [3.05, 3.63) is 0 Å².